The van der Waals surface area contributed by atoms with Crippen molar-refractivity contribution in [2.75, 3.05) is 12.3 Å². The maximum Gasteiger partial charge on any atom is 0.223 e. The second kappa shape index (κ2) is 6.83. The van der Waals surface area contributed by atoms with E-state index < -0.39 is 0 Å². The van der Waals surface area contributed by atoms with E-state index in [1.54, 1.807) is 11.3 Å². The average molecular weight is 336 g/mol. The monoisotopic (exact) mass is 336 g/mol. The lowest BCUT2D eigenvalue weighted by Gasteiger charge is -2.23. The first-order valence-electron chi connectivity index (χ1n) is 7.51. The Bertz CT molecular complexity index is 652. The number of amides is 1. The predicted octanol–water partition coefficient (Wildman–Crippen LogP) is 3.33. The summed E-state index contributed by atoms with van der Waals surface area (Å²) >= 11 is 3.34. The molecule has 0 aliphatic carbocycles. The maximum absolute atomic E-state index is 12.5. The van der Waals surface area contributed by atoms with Gasteiger partial charge in [-0.05, 0) is 38.8 Å². The standard InChI is InChI=1S/C15H20N4OS2/c1-10-5-6-13(22-10)12-4-3-8-19(12)14(20)7-9-21-15-16-11(2)17-18-15/h5-6,12H,3-4,7-9H2,1-2H3,(H,16,17,18)/t12-/m1/s1. The number of likely N-dealkylation sites (tertiary alicyclic amines) is 1. The van der Waals surface area contributed by atoms with Crippen molar-refractivity contribution in [1.29, 1.82) is 0 Å². The summed E-state index contributed by atoms with van der Waals surface area (Å²) in [4.78, 5) is 21.4. The van der Waals surface area contributed by atoms with Gasteiger partial charge < -0.3 is 4.90 Å². The highest BCUT2D eigenvalue weighted by Gasteiger charge is 2.30. The summed E-state index contributed by atoms with van der Waals surface area (Å²) in [7, 11) is 0. The smallest absolute Gasteiger partial charge is 0.223 e. The summed E-state index contributed by atoms with van der Waals surface area (Å²) in [6, 6.07) is 4.59. The topological polar surface area (TPSA) is 61.9 Å². The number of carbonyl (C=O) groups excluding carboxylic acids is 1. The van der Waals surface area contributed by atoms with Gasteiger partial charge in [0.25, 0.3) is 0 Å². The van der Waals surface area contributed by atoms with Gasteiger partial charge in [0.15, 0.2) is 0 Å². The highest BCUT2D eigenvalue weighted by atomic mass is 32.2. The van der Waals surface area contributed by atoms with Crippen molar-refractivity contribution in [3.63, 3.8) is 0 Å². The number of thiophene rings is 1. The minimum atomic E-state index is 0.244. The summed E-state index contributed by atoms with van der Waals surface area (Å²) < 4.78 is 0. The molecule has 0 bridgehead atoms. The zero-order valence-electron chi connectivity index (χ0n) is 12.8. The van der Waals surface area contributed by atoms with Crippen LogP contribution in [0.15, 0.2) is 17.3 Å². The molecule has 0 saturated carbocycles. The Kier molecular flexibility index (Phi) is 4.83. The van der Waals surface area contributed by atoms with Crippen LogP contribution in [0.2, 0.25) is 0 Å². The molecule has 0 radical (unpaired) electrons. The number of hydrogen-bond acceptors (Lipinski definition) is 5. The van der Waals surface area contributed by atoms with Gasteiger partial charge in [-0.3, -0.25) is 9.89 Å². The average Bonchev–Trinajstić information content (AvgIpc) is 3.19. The number of nitrogens with one attached hydrogen (secondary N) is 1. The second-order valence-electron chi connectivity index (χ2n) is 5.50. The van der Waals surface area contributed by atoms with Gasteiger partial charge in [0, 0.05) is 28.5 Å². The Balaban J connectivity index is 1.54. The molecule has 2 aromatic heterocycles. The van der Waals surface area contributed by atoms with Crippen molar-refractivity contribution in [1.82, 2.24) is 20.1 Å². The first-order valence-corrected chi connectivity index (χ1v) is 9.31. The molecule has 118 valence electrons. The number of thioether (sulfide) groups is 1. The van der Waals surface area contributed by atoms with Gasteiger partial charge in [0.1, 0.15) is 5.82 Å². The van der Waals surface area contributed by atoms with Crippen LogP contribution >= 0.6 is 23.1 Å². The first kappa shape index (κ1) is 15.6. The Morgan fingerprint density at radius 2 is 2.36 bits per heavy atom. The van der Waals surface area contributed by atoms with E-state index in [9.17, 15) is 4.79 Å². The number of H-pyrrole nitrogens is 1. The fraction of sp³-hybridized carbons (Fsp3) is 0.533. The summed E-state index contributed by atoms with van der Waals surface area (Å²) in [5.41, 5.74) is 0. The van der Waals surface area contributed by atoms with E-state index in [1.807, 2.05) is 6.92 Å². The van der Waals surface area contributed by atoms with Crippen molar-refractivity contribution in [2.45, 2.75) is 44.3 Å². The zero-order valence-corrected chi connectivity index (χ0v) is 14.5. The summed E-state index contributed by atoms with van der Waals surface area (Å²) in [5.74, 6) is 1.78. The van der Waals surface area contributed by atoms with Gasteiger partial charge in [0.05, 0.1) is 6.04 Å². The Morgan fingerprint density at radius 1 is 1.50 bits per heavy atom. The van der Waals surface area contributed by atoms with Crippen molar-refractivity contribution in [2.24, 2.45) is 0 Å². The highest BCUT2D eigenvalue weighted by molar-refractivity contribution is 7.99. The predicted molar refractivity (Wildman–Crippen MR) is 89.2 cm³/mol. The molecule has 3 heterocycles. The van der Waals surface area contributed by atoms with Gasteiger partial charge >= 0.3 is 0 Å². The van der Waals surface area contributed by atoms with Crippen LogP contribution in [-0.2, 0) is 4.79 Å². The molecule has 0 aromatic carbocycles. The van der Waals surface area contributed by atoms with Gasteiger partial charge in [-0.2, -0.15) is 0 Å². The zero-order chi connectivity index (χ0) is 15.5. The van der Waals surface area contributed by atoms with Crippen molar-refractivity contribution < 1.29 is 4.79 Å². The van der Waals surface area contributed by atoms with Crippen LogP contribution in [0.3, 0.4) is 0 Å². The van der Waals surface area contributed by atoms with Crippen molar-refractivity contribution in [3.8, 4) is 0 Å². The number of carbonyl (C=O) groups is 1. The SMILES string of the molecule is Cc1nc(SCCC(=O)N2CCC[C@@H]2c2ccc(C)s2)n[nH]1. The van der Waals surface area contributed by atoms with Crippen LogP contribution in [0.4, 0.5) is 0 Å². The number of rotatable bonds is 5. The van der Waals surface area contributed by atoms with Crippen LogP contribution in [0.25, 0.3) is 0 Å². The van der Waals surface area contributed by atoms with E-state index in [-0.39, 0.29) is 11.9 Å². The quantitative estimate of drug-likeness (QED) is 0.851. The van der Waals surface area contributed by atoms with Crippen LogP contribution < -0.4 is 0 Å². The molecule has 1 atom stereocenters. The molecule has 7 heteroatoms. The fourth-order valence-corrected chi connectivity index (χ4v) is 4.55. The minimum absolute atomic E-state index is 0.244. The molecule has 1 amide bonds. The van der Waals surface area contributed by atoms with Crippen LogP contribution in [0.5, 0.6) is 0 Å². The lowest BCUT2D eigenvalue weighted by molar-refractivity contribution is -0.131. The minimum Gasteiger partial charge on any atom is -0.335 e. The third-order valence-electron chi connectivity index (χ3n) is 3.79. The molecule has 0 spiro atoms. The fourth-order valence-electron chi connectivity index (χ4n) is 2.75. The number of nitrogens with zero attached hydrogens (tertiary/aromatic N) is 3. The van der Waals surface area contributed by atoms with E-state index in [4.69, 9.17) is 0 Å². The van der Waals surface area contributed by atoms with E-state index in [0.717, 1.165) is 36.1 Å². The largest absolute Gasteiger partial charge is 0.335 e. The first-order chi connectivity index (χ1) is 10.6. The molecule has 0 unspecified atom stereocenters. The van der Waals surface area contributed by atoms with Crippen molar-refractivity contribution >= 4 is 29.0 Å². The number of aromatic amines is 1. The van der Waals surface area contributed by atoms with Crippen LogP contribution in [0.1, 0.15) is 40.9 Å². The van der Waals surface area contributed by atoms with Crippen molar-refractivity contribution in [3.05, 3.63) is 27.7 Å². The van der Waals surface area contributed by atoms with Gasteiger partial charge in [0.2, 0.25) is 11.1 Å². The van der Waals surface area contributed by atoms with Gasteiger partial charge in [-0.15, -0.1) is 16.4 Å². The lowest BCUT2D eigenvalue weighted by atomic mass is 10.2. The molecule has 5 nitrogen and oxygen atoms in total. The molecule has 22 heavy (non-hydrogen) atoms. The molecular weight excluding hydrogens is 316 g/mol. The van der Waals surface area contributed by atoms with E-state index in [0.29, 0.717) is 6.42 Å². The lowest BCUT2D eigenvalue weighted by Crippen LogP contribution is -2.30. The molecule has 1 fully saturated rings. The van der Waals surface area contributed by atoms with Crippen LogP contribution in [-0.4, -0.2) is 38.3 Å². The van der Waals surface area contributed by atoms with E-state index in [1.165, 1.54) is 21.5 Å². The molecule has 3 rings (SSSR count). The van der Waals surface area contributed by atoms with Gasteiger partial charge in [-0.1, -0.05) is 11.8 Å². The molecule has 1 N–H and O–H groups in total. The Labute approximate surface area is 138 Å². The molecule has 1 aliphatic rings. The highest BCUT2D eigenvalue weighted by Crippen LogP contribution is 2.36. The van der Waals surface area contributed by atoms with E-state index >= 15 is 0 Å². The maximum atomic E-state index is 12.5. The van der Waals surface area contributed by atoms with Gasteiger partial charge in [-0.25, -0.2) is 4.98 Å². The van der Waals surface area contributed by atoms with Crippen LogP contribution in [0, 0.1) is 13.8 Å². The number of aromatic nitrogens is 3. The Morgan fingerprint density at radius 3 is 3.05 bits per heavy atom. The number of hydrogen-bond donors (Lipinski definition) is 1. The summed E-state index contributed by atoms with van der Waals surface area (Å²) in [6.45, 7) is 4.87. The summed E-state index contributed by atoms with van der Waals surface area (Å²) in [5, 5.41) is 7.62. The third-order valence-corrected chi connectivity index (χ3v) is 5.74. The second-order valence-corrected chi connectivity index (χ2v) is 7.88. The van der Waals surface area contributed by atoms with E-state index in [2.05, 4.69) is 39.1 Å². The number of aryl methyl sites for hydroxylation is 2. The molecule has 1 saturated heterocycles. The Hall–Kier alpha value is -1.34. The summed E-state index contributed by atoms with van der Waals surface area (Å²) in [6.07, 6.45) is 2.72. The molecular formula is C15H20N4OS2. The normalized spacial score (nSPS) is 18.1. The molecule has 1 aliphatic heterocycles. The third kappa shape index (κ3) is 3.52. The molecule has 2 aromatic rings.